The van der Waals surface area contributed by atoms with Crippen LogP contribution < -0.4 is 16.2 Å². The molecule has 1 aliphatic heterocycles. The molecule has 0 bridgehead atoms. The lowest BCUT2D eigenvalue weighted by Gasteiger charge is -2.26. The molecule has 1 aliphatic rings. The molecule has 2 heterocycles. The average molecular weight is 434 g/mol. The largest absolute Gasteiger partial charge is 0.445 e. The minimum atomic E-state index is -0.494. The van der Waals surface area contributed by atoms with Crippen LogP contribution in [0.3, 0.4) is 0 Å². The summed E-state index contributed by atoms with van der Waals surface area (Å²) in [6.45, 7) is 2.70. The van der Waals surface area contributed by atoms with Gasteiger partial charge in [0, 0.05) is 38.0 Å². The minimum Gasteiger partial charge on any atom is -0.445 e. The summed E-state index contributed by atoms with van der Waals surface area (Å²) >= 11 is 0. The fourth-order valence-electron chi connectivity index (χ4n) is 4.38. The summed E-state index contributed by atoms with van der Waals surface area (Å²) in [6, 6.07) is 11.9. The monoisotopic (exact) mass is 433 g/mol. The van der Waals surface area contributed by atoms with Gasteiger partial charge in [-0.25, -0.2) is 4.79 Å². The molecule has 166 valence electrons. The highest BCUT2D eigenvalue weighted by atomic mass is 16.5. The van der Waals surface area contributed by atoms with Crippen LogP contribution in [0.15, 0.2) is 41.2 Å². The van der Waals surface area contributed by atoms with Gasteiger partial charge in [0.1, 0.15) is 6.61 Å². The quantitative estimate of drug-likeness (QED) is 0.647. The Labute approximate surface area is 186 Å². The molecule has 3 aromatic rings. The lowest BCUT2D eigenvalue weighted by Crippen LogP contribution is -2.28. The van der Waals surface area contributed by atoms with Crippen molar-refractivity contribution < 1.29 is 14.3 Å². The Kier molecular flexibility index (Phi) is 5.99. The number of amides is 2. The van der Waals surface area contributed by atoms with Gasteiger partial charge in [-0.1, -0.05) is 29.8 Å². The Morgan fingerprint density at radius 2 is 1.88 bits per heavy atom. The van der Waals surface area contributed by atoms with Crippen molar-refractivity contribution in [1.29, 1.82) is 0 Å². The Hall–Kier alpha value is -3.61. The molecular weight excluding hydrogens is 406 g/mol. The topological polar surface area (TPSA) is 89.4 Å². The lowest BCUT2D eigenvalue weighted by atomic mass is 9.88. The molecule has 0 atom stereocenters. The first-order valence-corrected chi connectivity index (χ1v) is 10.8. The van der Waals surface area contributed by atoms with Crippen LogP contribution in [0.5, 0.6) is 0 Å². The van der Waals surface area contributed by atoms with Crippen LogP contribution in [0.4, 0.5) is 4.79 Å². The van der Waals surface area contributed by atoms with E-state index in [1.54, 1.807) is 7.05 Å². The number of nitrogens with zero attached hydrogens (tertiary/aromatic N) is 1. The smallest absolute Gasteiger partial charge is 0.407 e. The number of pyridine rings is 1. The van der Waals surface area contributed by atoms with E-state index in [4.69, 9.17) is 4.74 Å². The van der Waals surface area contributed by atoms with Crippen LogP contribution in [-0.4, -0.2) is 30.7 Å². The highest BCUT2D eigenvalue weighted by molar-refractivity contribution is 5.92. The van der Waals surface area contributed by atoms with E-state index in [0.717, 1.165) is 45.3 Å². The second kappa shape index (κ2) is 8.86. The van der Waals surface area contributed by atoms with Crippen LogP contribution >= 0.6 is 0 Å². The molecule has 0 saturated heterocycles. The number of nitrogens with one attached hydrogen (secondary N) is 2. The SMILES string of the molecule is CNC(=O)CCc1c2n(c(=O)c3cc(C)ccc13)CCc1ccc(COC(=O)NC)cc1-2. The van der Waals surface area contributed by atoms with E-state index in [0.29, 0.717) is 24.8 Å². The molecule has 0 spiro atoms. The maximum Gasteiger partial charge on any atom is 0.407 e. The zero-order chi connectivity index (χ0) is 22.8. The van der Waals surface area contributed by atoms with Gasteiger partial charge in [-0.3, -0.25) is 9.59 Å². The van der Waals surface area contributed by atoms with Gasteiger partial charge in [0.05, 0.1) is 5.69 Å². The maximum atomic E-state index is 13.4. The Balaban J connectivity index is 1.91. The zero-order valence-corrected chi connectivity index (χ0v) is 18.6. The summed E-state index contributed by atoms with van der Waals surface area (Å²) in [7, 11) is 3.15. The molecule has 32 heavy (non-hydrogen) atoms. The second-order valence-electron chi connectivity index (χ2n) is 8.07. The van der Waals surface area contributed by atoms with Gasteiger partial charge in [-0.15, -0.1) is 0 Å². The van der Waals surface area contributed by atoms with Crippen molar-refractivity contribution in [3.05, 3.63) is 69.0 Å². The van der Waals surface area contributed by atoms with Gasteiger partial charge in [0.2, 0.25) is 5.91 Å². The first kappa shape index (κ1) is 21.6. The molecule has 7 heteroatoms. The Morgan fingerprint density at radius 3 is 2.62 bits per heavy atom. The van der Waals surface area contributed by atoms with Crippen molar-refractivity contribution in [3.8, 4) is 11.3 Å². The van der Waals surface area contributed by atoms with E-state index in [1.807, 2.05) is 47.9 Å². The minimum absolute atomic E-state index is 0.0138. The summed E-state index contributed by atoms with van der Waals surface area (Å²) in [4.78, 5) is 37.0. The summed E-state index contributed by atoms with van der Waals surface area (Å²) in [5.41, 5.74) is 5.81. The number of carbonyl (C=O) groups excluding carboxylic acids is 2. The summed E-state index contributed by atoms with van der Waals surface area (Å²) in [6.07, 6.45) is 1.10. The highest BCUT2D eigenvalue weighted by Crippen LogP contribution is 2.36. The number of aromatic nitrogens is 1. The molecule has 2 amide bonds. The summed E-state index contributed by atoms with van der Waals surface area (Å²) < 4.78 is 7.06. The molecule has 2 N–H and O–H groups in total. The van der Waals surface area contributed by atoms with Gasteiger partial charge >= 0.3 is 6.09 Å². The molecule has 0 aliphatic carbocycles. The van der Waals surface area contributed by atoms with Crippen molar-refractivity contribution in [3.63, 3.8) is 0 Å². The third-order valence-electron chi connectivity index (χ3n) is 6.02. The van der Waals surface area contributed by atoms with E-state index < -0.39 is 6.09 Å². The zero-order valence-electron chi connectivity index (χ0n) is 18.6. The normalized spacial score (nSPS) is 12.1. The third kappa shape index (κ3) is 3.98. The van der Waals surface area contributed by atoms with E-state index in [9.17, 15) is 14.4 Å². The number of aryl methyl sites for hydroxylation is 3. The number of carbonyl (C=O) groups is 2. The molecule has 0 fully saturated rings. The van der Waals surface area contributed by atoms with Gasteiger partial charge in [-0.05, 0) is 54.0 Å². The third-order valence-corrected chi connectivity index (χ3v) is 6.02. The molecular formula is C25H27N3O4. The first-order chi connectivity index (χ1) is 15.4. The highest BCUT2D eigenvalue weighted by Gasteiger charge is 2.24. The molecule has 0 saturated carbocycles. The Bertz CT molecular complexity index is 1280. The predicted octanol–water partition coefficient (Wildman–Crippen LogP) is 3.07. The maximum absolute atomic E-state index is 13.4. The fourth-order valence-corrected chi connectivity index (χ4v) is 4.38. The lowest BCUT2D eigenvalue weighted by molar-refractivity contribution is -0.120. The van der Waals surface area contributed by atoms with E-state index in [1.165, 1.54) is 7.05 Å². The van der Waals surface area contributed by atoms with Gasteiger partial charge in [-0.2, -0.15) is 0 Å². The van der Waals surface area contributed by atoms with Gasteiger partial charge < -0.3 is 19.9 Å². The molecule has 1 aromatic heterocycles. The predicted molar refractivity (Wildman–Crippen MR) is 124 cm³/mol. The first-order valence-electron chi connectivity index (χ1n) is 10.8. The van der Waals surface area contributed by atoms with Crippen molar-refractivity contribution in [1.82, 2.24) is 15.2 Å². The summed E-state index contributed by atoms with van der Waals surface area (Å²) in [5, 5.41) is 6.69. The van der Waals surface area contributed by atoms with Crippen LogP contribution in [0.1, 0.15) is 28.7 Å². The van der Waals surface area contributed by atoms with Crippen molar-refractivity contribution >= 4 is 22.8 Å². The number of hydrogen-bond acceptors (Lipinski definition) is 4. The average Bonchev–Trinajstić information content (AvgIpc) is 2.81. The van der Waals surface area contributed by atoms with E-state index >= 15 is 0 Å². The molecule has 7 nitrogen and oxygen atoms in total. The molecule has 4 rings (SSSR count). The number of fused-ring (bicyclic) bond motifs is 4. The summed E-state index contributed by atoms with van der Waals surface area (Å²) in [5.74, 6) is -0.0426. The van der Waals surface area contributed by atoms with Crippen LogP contribution in [-0.2, 0) is 35.5 Å². The van der Waals surface area contributed by atoms with Gasteiger partial charge in [0.15, 0.2) is 0 Å². The number of hydrogen-bond donors (Lipinski definition) is 2. The van der Waals surface area contributed by atoms with E-state index in [2.05, 4.69) is 10.6 Å². The van der Waals surface area contributed by atoms with Crippen molar-refractivity contribution in [2.24, 2.45) is 0 Å². The number of rotatable bonds is 5. The van der Waals surface area contributed by atoms with Crippen molar-refractivity contribution in [2.75, 3.05) is 14.1 Å². The van der Waals surface area contributed by atoms with Crippen LogP contribution in [0, 0.1) is 6.92 Å². The standard InChI is InChI=1S/C25H27N3O4/c1-15-4-7-18-19(8-9-22(29)26-2)23-20-13-16(14-32-25(31)27-3)5-6-17(20)10-11-28(23)24(30)21(18)12-15/h4-7,12-13H,8-11,14H2,1-3H3,(H,26,29)(H,27,31). The molecule has 0 unspecified atom stereocenters. The second-order valence-corrected chi connectivity index (χ2v) is 8.07. The molecule has 0 radical (unpaired) electrons. The van der Waals surface area contributed by atoms with Gasteiger partial charge in [0.25, 0.3) is 5.56 Å². The molecule has 2 aromatic carbocycles. The number of ether oxygens (including phenoxy) is 1. The van der Waals surface area contributed by atoms with Crippen LogP contribution in [0.2, 0.25) is 0 Å². The van der Waals surface area contributed by atoms with Crippen molar-refractivity contribution in [2.45, 2.75) is 39.3 Å². The van der Waals surface area contributed by atoms with Crippen LogP contribution in [0.25, 0.3) is 22.0 Å². The van der Waals surface area contributed by atoms with E-state index in [-0.39, 0.29) is 18.1 Å². The fraction of sp³-hybridized carbons (Fsp3) is 0.320. The Morgan fingerprint density at radius 1 is 1.06 bits per heavy atom. The number of alkyl carbamates (subject to hydrolysis) is 1. The number of benzene rings is 2.